The SMILES string of the molecule is CCc1c(Cc2ccc(Cl)c(Cl)c2)csc1Br. The van der Waals surface area contributed by atoms with Gasteiger partial charge in [-0.2, -0.15) is 0 Å². The monoisotopic (exact) mass is 348 g/mol. The fraction of sp³-hybridized carbons (Fsp3) is 0.231. The molecule has 2 rings (SSSR count). The summed E-state index contributed by atoms with van der Waals surface area (Å²) in [6.07, 6.45) is 1.95. The summed E-state index contributed by atoms with van der Waals surface area (Å²) in [5, 5.41) is 3.43. The Hall–Kier alpha value is -0.0200. The second kappa shape index (κ2) is 5.75. The van der Waals surface area contributed by atoms with Crippen molar-refractivity contribution in [2.75, 3.05) is 0 Å². The first-order chi connectivity index (χ1) is 8.11. The molecule has 17 heavy (non-hydrogen) atoms. The van der Waals surface area contributed by atoms with Crippen LogP contribution in [0, 0.1) is 0 Å². The summed E-state index contributed by atoms with van der Waals surface area (Å²) < 4.78 is 1.23. The largest absolute Gasteiger partial charge is 0.136 e. The minimum atomic E-state index is 0.609. The first kappa shape index (κ1) is 13.4. The van der Waals surface area contributed by atoms with Gasteiger partial charge in [-0.05, 0) is 63.0 Å². The standard InChI is InChI=1S/C13H11BrCl2S/c1-2-10-9(7-17-13(10)14)5-8-3-4-11(15)12(16)6-8/h3-4,6-7H,2,5H2,1H3. The normalized spacial score (nSPS) is 10.8. The van der Waals surface area contributed by atoms with E-state index in [1.807, 2.05) is 18.2 Å². The molecule has 1 aromatic heterocycles. The maximum absolute atomic E-state index is 6.02. The fourth-order valence-corrected chi connectivity index (χ4v) is 3.80. The second-order valence-electron chi connectivity index (χ2n) is 3.79. The van der Waals surface area contributed by atoms with Crippen molar-refractivity contribution >= 4 is 50.5 Å². The molecule has 90 valence electrons. The van der Waals surface area contributed by atoms with Gasteiger partial charge in [0.05, 0.1) is 13.8 Å². The molecular formula is C13H11BrCl2S. The number of thiophene rings is 1. The molecule has 0 N–H and O–H groups in total. The minimum Gasteiger partial charge on any atom is -0.136 e. The molecule has 0 unspecified atom stereocenters. The van der Waals surface area contributed by atoms with E-state index in [1.54, 1.807) is 11.3 Å². The van der Waals surface area contributed by atoms with E-state index in [-0.39, 0.29) is 0 Å². The van der Waals surface area contributed by atoms with Crippen LogP contribution in [0.2, 0.25) is 10.0 Å². The molecule has 0 amide bonds. The molecule has 0 saturated carbocycles. The van der Waals surface area contributed by atoms with E-state index >= 15 is 0 Å². The van der Waals surface area contributed by atoms with E-state index in [4.69, 9.17) is 23.2 Å². The maximum atomic E-state index is 6.02. The van der Waals surface area contributed by atoms with Gasteiger partial charge in [-0.3, -0.25) is 0 Å². The first-order valence-electron chi connectivity index (χ1n) is 5.30. The lowest BCUT2D eigenvalue weighted by Crippen LogP contribution is -1.91. The van der Waals surface area contributed by atoms with Crippen molar-refractivity contribution in [3.8, 4) is 0 Å². The summed E-state index contributed by atoms with van der Waals surface area (Å²) in [6, 6.07) is 5.82. The Morgan fingerprint density at radius 2 is 2.00 bits per heavy atom. The third-order valence-electron chi connectivity index (χ3n) is 2.66. The Balaban J connectivity index is 2.28. The Bertz CT molecular complexity index is 534. The Morgan fingerprint density at radius 1 is 1.24 bits per heavy atom. The van der Waals surface area contributed by atoms with Gasteiger partial charge in [0.1, 0.15) is 0 Å². The highest BCUT2D eigenvalue weighted by Gasteiger charge is 2.09. The quantitative estimate of drug-likeness (QED) is 0.640. The molecule has 0 radical (unpaired) electrons. The molecule has 2 aromatic rings. The smallest absolute Gasteiger partial charge is 0.0733 e. The fourth-order valence-electron chi connectivity index (χ4n) is 1.78. The average Bonchev–Trinajstić information content (AvgIpc) is 2.64. The molecule has 1 heterocycles. The van der Waals surface area contributed by atoms with Crippen LogP contribution in [-0.2, 0) is 12.8 Å². The van der Waals surface area contributed by atoms with Crippen LogP contribution >= 0.6 is 50.5 Å². The summed E-state index contributed by atoms with van der Waals surface area (Å²) in [7, 11) is 0. The van der Waals surface area contributed by atoms with E-state index < -0.39 is 0 Å². The predicted molar refractivity (Wildman–Crippen MR) is 80.7 cm³/mol. The van der Waals surface area contributed by atoms with Crippen molar-refractivity contribution in [1.82, 2.24) is 0 Å². The molecule has 0 atom stereocenters. The lowest BCUT2D eigenvalue weighted by molar-refractivity contribution is 1.07. The van der Waals surface area contributed by atoms with Gasteiger partial charge < -0.3 is 0 Å². The van der Waals surface area contributed by atoms with Crippen LogP contribution < -0.4 is 0 Å². The lowest BCUT2D eigenvalue weighted by atomic mass is 10.0. The summed E-state index contributed by atoms with van der Waals surface area (Å²) >= 11 is 17.3. The van der Waals surface area contributed by atoms with Gasteiger partial charge in [0, 0.05) is 0 Å². The topological polar surface area (TPSA) is 0 Å². The van der Waals surface area contributed by atoms with Gasteiger partial charge in [-0.1, -0.05) is 36.2 Å². The van der Waals surface area contributed by atoms with Crippen molar-refractivity contribution in [3.63, 3.8) is 0 Å². The number of halogens is 3. The van der Waals surface area contributed by atoms with Gasteiger partial charge in [-0.25, -0.2) is 0 Å². The molecule has 0 aliphatic rings. The number of benzene rings is 1. The summed E-state index contributed by atoms with van der Waals surface area (Å²) in [4.78, 5) is 0. The summed E-state index contributed by atoms with van der Waals surface area (Å²) in [6.45, 7) is 2.17. The highest BCUT2D eigenvalue weighted by atomic mass is 79.9. The molecule has 0 aliphatic carbocycles. The Labute approximate surface area is 124 Å². The highest BCUT2D eigenvalue weighted by Crippen LogP contribution is 2.31. The summed E-state index contributed by atoms with van der Waals surface area (Å²) in [5.41, 5.74) is 3.95. The predicted octanol–water partition coefficient (Wildman–Crippen LogP) is 5.97. The van der Waals surface area contributed by atoms with Crippen LogP contribution in [0.5, 0.6) is 0 Å². The van der Waals surface area contributed by atoms with Crippen LogP contribution in [0.1, 0.15) is 23.6 Å². The molecular weight excluding hydrogens is 339 g/mol. The lowest BCUT2D eigenvalue weighted by Gasteiger charge is -2.04. The zero-order valence-corrected chi connectivity index (χ0v) is 13.2. The molecule has 0 aliphatic heterocycles. The zero-order valence-electron chi connectivity index (χ0n) is 9.27. The van der Waals surface area contributed by atoms with E-state index in [2.05, 4.69) is 28.2 Å². The van der Waals surface area contributed by atoms with Crippen molar-refractivity contribution in [2.45, 2.75) is 19.8 Å². The Kier molecular flexibility index (Phi) is 4.53. The minimum absolute atomic E-state index is 0.609. The third-order valence-corrected chi connectivity index (χ3v) is 5.30. The van der Waals surface area contributed by atoms with Crippen molar-refractivity contribution < 1.29 is 0 Å². The Morgan fingerprint density at radius 3 is 2.65 bits per heavy atom. The van der Waals surface area contributed by atoms with Crippen LogP contribution in [0.25, 0.3) is 0 Å². The van der Waals surface area contributed by atoms with E-state index in [0.717, 1.165) is 12.8 Å². The maximum Gasteiger partial charge on any atom is 0.0733 e. The van der Waals surface area contributed by atoms with Crippen molar-refractivity contribution in [3.05, 3.63) is 54.1 Å². The van der Waals surface area contributed by atoms with E-state index in [0.29, 0.717) is 10.0 Å². The number of rotatable bonds is 3. The number of hydrogen-bond acceptors (Lipinski definition) is 1. The van der Waals surface area contributed by atoms with Gasteiger partial charge in [0.2, 0.25) is 0 Å². The highest BCUT2D eigenvalue weighted by molar-refractivity contribution is 9.11. The molecule has 4 heteroatoms. The van der Waals surface area contributed by atoms with Gasteiger partial charge in [0.15, 0.2) is 0 Å². The molecule has 0 spiro atoms. The van der Waals surface area contributed by atoms with Gasteiger partial charge in [0.25, 0.3) is 0 Å². The molecule has 0 fully saturated rings. The number of hydrogen-bond donors (Lipinski definition) is 0. The third kappa shape index (κ3) is 3.05. The van der Waals surface area contributed by atoms with Crippen LogP contribution in [0.3, 0.4) is 0 Å². The van der Waals surface area contributed by atoms with Crippen molar-refractivity contribution in [2.24, 2.45) is 0 Å². The van der Waals surface area contributed by atoms with Gasteiger partial charge in [-0.15, -0.1) is 11.3 Å². The van der Waals surface area contributed by atoms with E-state index in [1.165, 1.54) is 20.5 Å². The van der Waals surface area contributed by atoms with Crippen LogP contribution in [-0.4, -0.2) is 0 Å². The second-order valence-corrected chi connectivity index (χ2v) is 6.80. The zero-order chi connectivity index (χ0) is 12.4. The molecule has 0 saturated heterocycles. The first-order valence-corrected chi connectivity index (χ1v) is 7.73. The summed E-state index contributed by atoms with van der Waals surface area (Å²) in [5.74, 6) is 0. The molecule has 0 bridgehead atoms. The van der Waals surface area contributed by atoms with Crippen LogP contribution in [0.4, 0.5) is 0 Å². The van der Waals surface area contributed by atoms with Gasteiger partial charge >= 0.3 is 0 Å². The average molecular weight is 350 g/mol. The molecule has 1 aromatic carbocycles. The molecule has 0 nitrogen and oxygen atoms in total. The van der Waals surface area contributed by atoms with Crippen LogP contribution in [0.15, 0.2) is 27.4 Å². The van der Waals surface area contributed by atoms with E-state index in [9.17, 15) is 0 Å². The van der Waals surface area contributed by atoms with Crippen molar-refractivity contribution in [1.29, 1.82) is 0 Å².